The molecule has 0 bridgehead atoms. The Morgan fingerprint density at radius 1 is 1.44 bits per heavy atom. The van der Waals surface area contributed by atoms with E-state index < -0.39 is 0 Å². The van der Waals surface area contributed by atoms with Crippen molar-refractivity contribution in [2.75, 3.05) is 27.3 Å². The molecule has 0 aliphatic carbocycles. The summed E-state index contributed by atoms with van der Waals surface area (Å²) in [6.07, 6.45) is 1.64. The van der Waals surface area contributed by atoms with E-state index in [2.05, 4.69) is 5.32 Å². The maximum absolute atomic E-state index is 12.4. The molecular weight excluding hydrogens is 232 g/mol. The number of hydrogen-bond acceptors (Lipinski definition) is 4. The molecule has 0 saturated carbocycles. The molecule has 1 aliphatic heterocycles. The summed E-state index contributed by atoms with van der Waals surface area (Å²) < 4.78 is 4.88. The Hall–Kier alpha value is -0.940. The second-order valence-electron chi connectivity index (χ2n) is 5.10. The summed E-state index contributed by atoms with van der Waals surface area (Å²) in [5.41, 5.74) is 0. The zero-order chi connectivity index (χ0) is 13.7. The fourth-order valence-electron chi connectivity index (χ4n) is 2.52. The van der Waals surface area contributed by atoms with Crippen LogP contribution in [0.1, 0.15) is 26.7 Å². The van der Waals surface area contributed by atoms with E-state index in [0.717, 1.165) is 12.8 Å². The van der Waals surface area contributed by atoms with Crippen LogP contribution in [0.5, 0.6) is 0 Å². The highest BCUT2D eigenvalue weighted by atomic mass is 16.5. The van der Waals surface area contributed by atoms with E-state index in [1.54, 1.807) is 11.9 Å². The molecular formula is C13H24N2O3. The van der Waals surface area contributed by atoms with Gasteiger partial charge in [0.15, 0.2) is 5.78 Å². The Kier molecular flexibility index (Phi) is 5.75. The van der Waals surface area contributed by atoms with Crippen molar-refractivity contribution in [3.05, 3.63) is 0 Å². The van der Waals surface area contributed by atoms with Gasteiger partial charge in [-0.25, -0.2) is 0 Å². The van der Waals surface area contributed by atoms with Gasteiger partial charge in [0.05, 0.1) is 12.1 Å². The predicted molar refractivity (Wildman–Crippen MR) is 69.3 cm³/mol. The lowest BCUT2D eigenvalue weighted by molar-refractivity contribution is -0.141. The Morgan fingerprint density at radius 2 is 2.11 bits per heavy atom. The minimum atomic E-state index is -0.299. The van der Waals surface area contributed by atoms with Crippen molar-refractivity contribution in [3.8, 4) is 0 Å². The minimum Gasteiger partial charge on any atom is -0.377 e. The van der Waals surface area contributed by atoms with Crippen LogP contribution >= 0.6 is 0 Å². The van der Waals surface area contributed by atoms with Crippen molar-refractivity contribution in [1.82, 2.24) is 10.2 Å². The van der Waals surface area contributed by atoms with Crippen LogP contribution in [0.3, 0.4) is 0 Å². The van der Waals surface area contributed by atoms with Crippen molar-refractivity contribution in [3.63, 3.8) is 0 Å². The van der Waals surface area contributed by atoms with Gasteiger partial charge in [0.1, 0.15) is 6.61 Å². The smallest absolute Gasteiger partial charge is 0.240 e. The number of likely N-dealkylation sites (N-methyl/N-ethyl adjacent to an activating group) is 1. The van der Waals surface area contributed by atoms with Crippen LogP contribution in [-0.4, -0.2) is 56.0 Å². The van der Waals surface area contributed by atoms with Gasteiger partial charge in [-0.1, -0.05) is 13.8 Å². The van der Waals surface area contributed by atoms with Crippen molar-refractivity contribution < 1.29 is 14.3 Å². The first kappa shape index (κ1) is 15.1. The summed E-state index contributed by atoms with van der Waals surface area (Å²) in [7, 11) is 3.29. The number of carbonyl (C=O) groups is 2. The predicted octanol–water partition coefficient (Wildman–Crippen LogP) is 0.437. The zero-order valence-corrected chi connectivity index (χ0v) is 11.7. The Morgan fingerprint density at radius 3 is 2.61 bits per heavy atom. The molecule has 1 fully saturated rings. The third-order valence-corrected chi connectivity index (χ3v) is 3.44. The van der Waals surface area contributed by atoms with Gasteiger partial charge in [-0.2, -0.15) is 0 Å². The molecule has 5 heteroatoms. The van der Waals surface area contributed by atoms with Crippen LogP contribution in [0.2, 0.25) is 0 Å². The van der Waals surface area contributed by atoms with E-state index in [0.29, 0.717) is 6.54 Å². The fourth-order valence-corrected chi connectivity index (χ4v) is 2.52. The number of nitrogens with zero attached hydrogens (tertiary/aromatic N) is 1. The summed E-state index contributed by atoms with van der Waals surface area (Å²) in [6.45, 7) is 4.76. The minimum absolute atomic E-state index is 0.00181. The van der Waals surface area contributed by atoms with Gasteiger partial charge in [0.25, 0.3) is 0 Å². The van der Waals surface area contributed by atoms with Crippen LogP contribution in [0.4, 0.5) is 0 Å². The maximum atomic E-state index is 12.4. The first-order valence-electron chi connectivity index (χ1n) is 6.52. The molecule has 0 spiro atoms. The Bertz CT molecular complexity index is 305. The molecule has 1 heterocycles. The quantitative estimate of drug-likeness (QED) is 0.749. The molecule has 2 unspecified atom stereocenters. The summed E-state index contributed by atoms with van der Waals surface area (Å²) in [5, 5.41) is 3.04. The second-order valence-corrected chi connectivity index (χ2v) is 5.10. The molecule has 0 aromatic carbocycles. The Balaban J connectivity index is 2.74. The van der Waals surface area contributed by atoms with Gasteiger partial charge in [-0.3, -0.25) is 9.59 Å². The van der Waals surface area contributed by atoms with E-state index in [-0.39, 0.29) is 36.3 Å². The van der Waals surface area contributed by atoms with Crippen LogP contribution in [0, 0.1) is 5.92 Å². The molecule has 5 nitrogen and oxygen atoms in total. The van der Waals surface area contributed by atoms with Crippen molar-refractivity contribution in [1.29, 1.82) is 0 Å². The van der Waals surface area contributed by atoms with Crippen molar-refractivity contribution in [2.45, 2.75) is 38.8 Å². The zero-order valence-electron chi connectivity index (χ0n) is 11.7. The van der Waals surface area contributed by atoms with Crippen LogP contribution < -0.4 is 5.32 Å². The summed E-state index contributed by atoms with van der Waals surface area (Å²) in [4.78, 5) is 26.0. The average molecular weight is 256 g/mol. The number of amides is 1. The van der Waals surface area contributed by atoms with Gasteiger partial charge in [0, 0.05) is 13.7 Å². The molecule has 2 atom stereocenters. The summed E-state index contributed by atoms with van der Waals surface area (Å²) in [6, 6.07) is -0.520. The number of Topliss-reactive ketones (excluding diaryl/α,β-unsaturated/α-hetero) is 1. The van der Waals surface area contributed by atoms with Crippen LogP contribution in [0.25, 0.3) is 0 Å². The molecule has 18 heavy (non-hydrogen) atoms. The van der Waals surface area contributed by atoms with Gasteiger partial charge in [-0.05, 0) is 25.8 Å². The lowest BCUT2D eigenvalue weighted by Crippen LogP contribution is -2.51. The van der Waals surface area contributed by atoms with Gasteiger partial charge in [0.2, 0.25) is 5.91 Å². The highest BCUT2D eigenvalue weighted by Crippen LogP contribution is 2.20. The SMILES string of the molecule is CNC(C(=O)N1CCCC1C(=O)COC)C(C)C. The lowest BCUT2D eigenvalue weighted by atomic mass is 10.0. The highest BCUT2D eigenvalue weighted by Gasteiger charge is 2.37. The third-order valence-electron chi connectivity index (χ3n) is 3.44. The standard InChI is InChI=1S/C13H24N2O3/c1-9(2)12(14-3)13(17)15-7-5-6-10(15)11(16)8-18-4/h9-10,12,14H,5-8H2,1-4H3. The fraction of sp³-hybridized carbons (Fsp3) is 0.846. The number of likely N-dealkylation sites (tertiary alicyclic amines) is 1. The van der Waals surface area contributed by atoms with E-state index in [9.17, 15) is 9.59 Å². The molecule has 0 radical (unpaired) electrons. The third kappa shape index (κ3) is 3.29. The van der Waals surface area contributed by atoms with Gasteiger partial charge < -0.3 is 15.0 Å². The van der Waals surface area contributed by atoms with Crippen molar-refractivity contribution >= 4 is 11.7 Å². The highest BCUT2D eigenvalue weighted by molar-refractivity contribution is 5.92. The largest absolute Gasteiger partial charge is 0.377 e. The Labute approximate surface area is 109 Å². The molecule has 1 aliphatic rings. The maximum Gasteiger partial charge on any atom is 0.240 e. The molecule has 0 aromatic heterocycles. The van der Waals surface area contributed by atoms with Crippen LogP contribution in [-0.2, 0) is 14.3 Å². The normalized spacial score (nSPS) is 21.4. The van der Waals surface area contributed by atoms with Crippen molar-refractivity contribution in [2.24, 2.45) is 5.92 Å². The molecule has 104 valence electrons. The van der Waals surface area contributed by atoms with Gasteiger partial charge in [-0.15, -0.1) is 0 Å². The van der Waals surface area contributed by atoms with Crippen LogP contribution in [0.15, 0.2) is 0 Å². The monoisotopic (exact) mass is 256 g/mol. The van der Waals surface area contributed by atoms with E-state index in [1.165, 1.54) is 7.11 Å². The second kappa shape index (κ2) is 6.85. The summed E-state index contributed by atoms with van der Waals surface area (Å²) >= 11 is 0. The first-order valence-corrected chi connectivity index (χ1v) is 6.52. The summed E-state index contributed by atoms with van der Waals surface area (Å²) in [5.74, 6) is 0.239. The number of carbonyl (C=O) groups excluding carboxylic acids is 2. The topological polar surface area (TPSA) is 58.6 Å². The number of hydrogen-bond donors (Lipinski definition) is 1. The molecule has 1 rings (SSSR count). The number of ether oxygens (including phenoxy) is 1. The number of rotatable bonds is 6. The molecule has 1 saturated heterocycles. The average Bonchev–Trinajstić information content (AvgIpc) is 2.78. The molecule has 1 amide bonds. The van der Waals surface area contributed by atoms with E-state index in [1.807, 2.05) is 13.8 Å². The van der Waals surface area contributed by atoms with E-state index >= 15 is 0 Å². The van der Waals surface area contributed by atoms with E-state index in [4.69, 9.17) is 4.74 Å². The number of methoxy groups -OCH3 is 1. The number of nitrogens with one attached hydrogen (secondary N) is 1. The van der Waals surface area contributed by atoms with Gasteiger partial charge >= 0.3 is 0 Å². The molecule has 1 N–H and O–H groups in total. The lowest BCUT2D eigenvalue weighted by Gasteiger charge is -2.29. The first-order chi connectivity index (χ1) is 8.52. The molecule has 0 aromatic rings. The number of ketones is 1.